The molecule has 1 fully saturated rings. The molecule has 1 saturated heterocycles. The lowest BCUT2D eigenvalue weighted by atomic mass is 10.3. The number of urea groups is 1. The van der Waals surface area contributed by atoms with Gasteiger partial charge in [-0.05, 0) is 20.8 Å². The van der Waals surface area contributed by atoms with Gasteiger partial charge in [0.2, 0.25) is 0 Å². The molecule has 17 heavy (non-hydrogen) atoms. The first-order valence-corrected chi connectivity index (χ1v) is 5.95. The molecular weight excluding hydrogens is 242 g/mol. The van der Waals surface area contributed by atoms with Crippen molar-refractivity contribution in [1.29, 1.82) is 0 Å². The van der Waals surface area contributed by atoms with Gasteiger partial charge in [-0.1, -0.05) is 0 Å². The average molecular weight is 266 g/mol. The van der Waals surface area contributed by atoms with Gasteiger partial charge in [0.15, 0.2) is 0 Å². The highest BCUT2D eigenvalue weighted by Gasteiger charge is 2.21. The van der Waals surface area contributed by atoms with Crippen LogP contribution in [0.2, 0.25) is 0 Å². The fraction of sp³-hybridized carbons (Fsp3) is 0.909. The zero-order chi connectivity index (χ0) is 12.1. The Balaban J connectivity index is 0.00000256. The molecule has 0 aromatic heterocycles. The molecule has 1 aliphatic heterocycles. The minimum atomic E-state index is -0.295. The maximum absolute atomic E-state index is 11.7. The summed E-state index contributed by atoms with van der Waals surface area (Å²) in [6.07, 6.45) is -0.295. The molecule has 2 N–H and O–H groups in total. The first-order valence-electron chi connectivity index (χ1n) is 5.95. The van der Waals surface area contributed by atoms with Crippen LogP contribution >= 0.6 is 12.4 Å². The Labute approximate surface area is 110 Å². The Morgan fingerprint density at radius 2 is 1.76 bits per heavy atom. The molecule has 1 rings (SSSR count). The van der Waals surface area contributed by atoms with E-state index in [1.165, 1.54) is 0 Å². The standard InChI is InChI=1S/C11H23N3O2.ClH/c1-9(2)12-11(16)14-6-4-13(5-7-14)8-10(3)15;/h9-10,15H,4-8H2,1-3H3,(H,12,16);1H. The first-order chi connectivity index (χ1) is 7.49. The summed E-state index contributed by atoms with van der Waals surface area (Å²) in [6, 6.07) is 0.203. The van der Waals surface area contributed by atoms with Crippen molar-refractivity contribution in [2.75, 3.05) is 32.7 Å². The highest BCUT2D eigenvalue weighted by Crippen LogP contribution is 2.03. The fourth-order valence-corrected chi connectivity index (χ4v) is 1.85. The minimum Gasteiger partial charge on any atom is -0.392 e. The highest BCUT2D eigenvalue weighted by molar-refractivity contribution is 5.85. The molecule has 6 heteroatoms. The molecule has 0 aromatic carbocycles. The summed E-state index contributed by atoms with van der Waals surface area (Å²) in [5.41, 5.74) is 0. The van der Waals surface area contributed by atoms with Crippen molar-refractivity contribution in [2.24, 2.45) is 0 Å². The molecule has 1 atom stereocenters. The van der Waals surface area contributed by atoms with Gasteiger partial charge in [0, 0.05) is 38.8 Å². The van der Waals surface area contributed by atoms with Gasteiger partial charge in [-0.25, -0.2) is 4.79 Å². The number of rotatable bonds is 3. The molecule has 2 amide bonds. The van der Waals surface area contributed by atoms with E-state index in [9.17, 15) is 9.90 Å². The third kappa shape index (κ3) is 6.10. The zero-order valence-corrected chi connectivity index (χ0v) is 11.7. The third-order valence-corrected chi connectivity index (χ3v) is 2.59. The lowest BCUT2D eigenvalue weighted by Gasteiger charge is -2.35. The van der Waals surface area contributed by atoms with E-state index in [1.807, 2.05) is 18.7 Å². The van der Waals surface area contributed by atoms with E-state index in [0.717, 1.165) is 26.2 Å². The van der Waals surface area contributed by atoms with Crippen LogP contribution in [-0.4, -0.2) is 65.8 Å². The molecule has 102 valence electrons. The first kappa shape index (κ1) is 16.5. The predicted octanol–water partition coefficient (Wildman–Crippen LogP) is 0.525. The molecular formula is C11H24ClN3O2. The van der Waals surface area contributed by atoms with E-state index in [-0.39, 0.29) is 30.6 Å². The van der Waals surface area contributed by atoms with Crippen LogP contribution in [0.25, 0.3) is 0 Å². The van der Waals surface area contributed by atoms with Crippen LogP contribution in [0.3, 0.4) is 0 Å². The maximum atomic E-state index is 11.7. The highest BCUT2D eigenvalue weighted by atomic mass is 35.5. The number of β-amino-alcohol motifs (C(OH)–C–C–N with tert-alkyl or cyclic N) is 1. The summed E-state index contributed by atoms with van der Waals surface area (Å²) in [7, 11) is 0. The van der Waals surface area contributed by atoms with Gasteiger partial charge in [0.1, 0.15) is 0 Å². The van der Waals surface area contributed by atoms with Crippen LogP contribution in [0.15, 0.2) is 0 Å². The van der Waals surface area contributed by atoms with Gasteiger partial charge in [-0.3, -0.25) is 4.90 Å². The van der Waals surface area contributed by atoms with Gasteiger partial charge in [-0.2, -0.15) is 0 Å². The van der Waals surface area contributed by atoms with Gasteiger partial charge in [0.05, 0.1) is 6.10 Å². The van der Waals surface area contributed by atoms with Crippen LogP contribution in [0.1, 0.15) is 20.8 Å². The average Bonchev–Trinajstić information content (AvgIpc) is 2.16. The van der Waals surface area contributed by atoms with Crippen molar-refractivity contribution in [1.82, 2.24) is 15.1 Å². The van der Waals surface area contributed by atoms with E-state index in [2.05, 4.69) is 10.2 Å². The van der Waals surface area contributed by atoms with E-state index in [1.54, 1.807) is 6.92 Å². The predicted molar refractivity (Wildman–Crippen MR) is 70.6 cm³/mol. The minimum absolute atomic E-state index is 0. The summed E-state index contributed by atoms with van der Waals surface area (Å²) in [5, 5.41) is 12.2. The molecule has 0 saturated carbocycles. The topological polar surface area (TPSA) is 55.8 Å². The Kier molecular flexibility index (Phi) is 7.50. The molecule has 1 heterocycles. The third-order valence-electron chi connectivity index (χ3n) is 2.59. The number of hydrogen-bond donors (Lipinski definition) is 2. The molecule has 0 aromatic rings. The van der Waals surface area contributed by atoms with E-state index in [4.69, 9.17) is 0 Å². The van der Waals surface area contributed by atoms with Crippen molar-refractivity contribution in [3.63, 3.8) is 0 Å². The second kappa shape index (κ2) is 7.74. The summed E-state index contributed by atoms with van der Waals surface area (Å²) in [4.78, 5) is 15.7. The lowest BCUT2D eigenvalue weighted by Crippen LogP contribution is -2.53. The number of nitrogens with zero attached hydrogens (tertiary/aromatic N) is 2. The second-order valence-corrected chi connectivity index (χ2v) is 4.74. The van der Waals surface area contributed by atoms with Gasteiger partial charge >= 0.3 is 6.03 Å². The SMILES string of the molecule is CC(O)CN1CCN(C(=O)NC(C)C)CC1.Cl. The number of nitrogens with one attached hydrogen (secondary N) is 1. The van der Waals surface area contributed by atoms with Crippen molar-refractivity contribution in [2.45, 2.75) is 32.9 Å². The zero-order valence-electron chi connectivity index (χ0n) is 10.8. The number of halogens is 1. The summed E-state index contributed by atoms with van der Waals surface area (Å²) >= 11 is 0. The molecule has 1 aliphatic rings. The second-order valence-electron chi connectivity index (χ2n) is 4.74. The number of aliphatic hydroxyl groups is 1. The fourth-order valence-electron chi connectivity index (χ4n) is 1.85. The van der Waals surface area contributed by atoms with Crippen molar-refractivity contribution < 1.29 is 9.90 Å². The van der Waals surface area contributed by atoms with Crippen LogP contribution < -0.4 is 5.32 Å². The number of amides is 2. The Bertz CT molecular complexity index is 229. The Morgan fingerprint density at radius 1 is 1.24 bits per heavy atom. The van der Waals surface area contributed by atoms with Gasteiger partial charge in [-0.15, -0.1) is 12.4 Å². The maximum Gasteiger partial charge on any atom is 0.317 e. The van der Waals surface area contributed by atoms with E-state index >= 15 is 0 Å². The van der Waals surface area contributed by atoms with Crippen molar-refractivity contribution >= 4 is 18.4 Å². The largest absolute Gasteiger partial charge is 0.392 e. The molecule has 1 unspecified atom stereocenters. The van der Waals surface area contributed by atoms with Crippen LogP contribution in [-0.2, 0) is 0 Å². The molecule has 5 nitrogen and oxygen atoms in total. The number of aliphatic hydroxyl groups excluding tert-OH is 1. The number of hydrogen-bond acceptors (Lipinski definition) is 3. The molecule has 0 aliphatic carbocycles. The van der Waals surface area contributed by atoms with E-state index in [0.29, 0.717) is 6.54 Å². The number of carbonyl (C=O) groups excluding carboxylic acids is 1. The monoisotopic (exact) mass is 265 g/mol. The summed E-state index contributed by atoms with van der Waals surface area (Å²) in [5.74, 6) is 0. The van der Waals surface area contributed by atoms with Gasteiger partial charge < -0.3 is 15.3 Å². The Hall–Kier alpha value is -0.520. The van der Waals surface area contributed by atoms with Crippen LogP contribution in [0, 0.1) is 0 Å². The molecule has 0 spiro atoms. The smallest absolute Gasteiger partial charge is 0.317 e. The van der Waals surface area contributed by atoms with Crippen molar-refractivity contribution in [3.8, 4) is 0 Å². The quantitative estimate of drug-likeness (QED) is 0.783. The van der Waals surface area contributed by atoms with Crippen LogP contribution in [0.5, 0.6) is 0 Å². The van der Waals surface area contributed by atoms with Crippen molar-refractivity contribution in [3.05, 3.63) is 0 Å². The molecule has 0 bridgehead atoms. The lowest BCUT2D eigenvalue weighted by molar-refractivity contribution is 0.0894. The van der Waals surface area contributed by atoms with E-state index < -0.39 is 0 Å². The summed E-state index contributed by atoms with van der Waals surface area (Å²) < 4.78 is 0. The van der Waals surface area contributed by atoms with Crippen LogP contribution in [0.4, 0.5) is 4.79 Å². The summed E-state index contributed by atoms with van der Waals surface area (Å²) in [6.45, 7) is 9.57. The normalized spacial score (nSPS) is 18.8. The number of carbonyl (C=O) groups is 1. The van der Waals surface area contributed by atoms with Gasteiger partial charge in [0.25, 0.3) is 0 Å². The Morgan fingerprint density at radius 3 is 2.18 bits per heavy atom. The number of piperazine rings is 1. The molecule has 0 radical (unpaired) electrons.